The maximum absolute atomic E-state index is 13.4. The fourth-order valence-corrected chi connectivity index (χ4v) is 1.83. The zero-order chi connectivity index (χ0) is 13.3. The number of alkyl halides is 1. The van der Waals surface area contributed by atoms with Gasteiger partial charge in [-0.3, -0.25) is 14.3 Å². The molecule has 2 N–H and O–H groups in total. The van der Waals surface area contributed by atoms with Crippen LogP contribution >= 0.6 is 0 Å². The van der Waals surface area contributed by atoms with Crippen LogP contribution in [0.5, 0.6) is 0 Å². The lowest BCUT2D eigenvalue weighted by Gasteiger charge is -2.14. The Morgan fingerprint density at radius 3 is 2.94 bits per heavy atom. The van der Waals surface area contributed by atoms with E-state index < -0.39 is 36.4 Å². The lowest BCUT2D eigenvalue weighted by molar-refractivity contribution is -0.0356. The highest BCUT2D eigenvalue weighted by molar-refractivity contribution is 5.26. The first kappa shape index (κ1) is 12.5. The summed E-state index contributed by atoms with van der Waals surface area (Å²) in [6.07, 6.45) is 2.96. The van der Waals surface area contributed by atoms with Crippen molar-refractivity contribution in [3.8, 4) is 12.3 Å². The Hall–Kier alpha value is -1.91. The summed E-state index contributed by atoms with van der Waals surface area (Å²) >= 11 is 0. The average molecular weight is 254 g/mol. The van der Waals surface area contributed by atoms with Crippen LogP contribution in [-0.4, -0.2) is 33.5 Å². The minimum Gasteiger partial charge on any atom is -0.394 e. The number of nitrogens with one attached hydrogen (secondary N) is 1. The second-order valence-corrected chi connectivity index (χ2v) is 3.92. The van der Waals surface area contributed by atoms with E-state index in [1.165, 1.54) is 0 Å². The zero-order valence-electron chi connectivity index (χ0n) is 9.30. The molecule has 0 aromatic carbocycles. The number of aliphatic hydroxyl groups is 1. The van der Waals surface area contributed by atoms with Gasteiger partial charge in [-0.2, -0.15) is 0 Å². The van der Waals surface area contributed by atoms with Gasteiger partial charge in [0, 0.05) is 12.6 Å². The largest absolute Gasteiger partial charge is 0.394 e. The lowest BCUT2D eigenvalue weighted by Crippen LogP contribution is -2.33. The van der Waals surface area contributed by atoms with Gasteiger partial charge in [-0.25, -0.2) is 9.18 Å². The Morgan fingerprint density at radius 2 is 2.39 bits per heavy atom. The predicted octanol–water partition coefficient (Wildman–Crippen LogP) is -0.864. The maximum Gasteiger partial charge on any atom is 0.330 e. The van der Waals surface area contributed by atoms with Crippen LogP contribution in [0.4, 0.5) is 4.39 Å². The van der Waals surface area contributed by atoms with E-state index in [-0.39, 0.29) is 12.0 Å². The van der Waals surface area contributed by atoms with Crippen LogP contribution in [0.1, 0.15) is 18.2 Å². The molecule has 0 amide bonds. The van der Waals surface area contributed by atoms with Gasteiger partial charge >= 0.3 is 5.69 Å². The molecule has 0 spiro atoms. The number of hydrogen-bond acceptors (Lipinski definition) is 4. The van der Waals surface area contributed by atoms with Crippen LogP contribution in [0, 0.1) is 12.3 Å². The average Bonchev–Trinajstić information content (AvgIpc) is 2.70. The molecule has 1 fully saturated rings. The number of H-pyrrole nitrogens is 1. The number of aromatic amines is 1. The molecule has 0 bridgehead atoms. The van der Waals surface area contributed by atoms with Crippen molar-refractivity contribution in [2.45, 2.75) is 24.9 Å². The third-order valence-electron chi connectivity index (χ3n) is 2.78. The number of terminal acetylenes is 1. The number of aliphatic hydroxyl groups excluding tert-OH is 1. The van der Waals surface area contributed by atoms with Crippen LogP contribution in [0.15, 0.2) is 15.8 Å². The highest BCUT2D eigenvalue weighted by Crippen LogP contribution is 2.29. The summed E-state index contributed by atoms with van der Waals surface area (Å²) in [4.78, 5) is 24.9. The van der Waals surface area contributed by atoms with Crippen LogP contribution in [-0.2, 0) is 4.74 Å². The standard InChI is InChI=1S/C11H11FN2O4/c1-2-6-4-14(11(17)13-10(6)16)9-3-7(12)8(5-15)18-9/h1,4,7-9,15H,3,5H2,(H,13,16,17)/t7-,8+,9+/m0/s1. The van der Waals surface area contributed by atoms with Gasteiger partial charge in [-0.15, -0.1) is 6.42 Å². The molecule has 3 atom stereocenters. The number of ether oxygens (including phenoxy) is 1. The molecule has 18 heavy (non-hydrogen) atoms. The van der Waals surface area contributed by atoms with Gasteiger partial charge in [0.1, 0.15) is 24.1 Å². The Bertz CT molecular complexity index is 600. The highest BCUT2D eigenvalue weighted by atomic mass is 19.1. The van der Waals surface area contributed by atoms with Gasteiger partial charge in [0.15, 0.2) is 0 Å². The molecule has 0 saturated carbocycles. The SMILES string of the molecule is C#Cc1cn([C@H]2C[C@H](F)[C@@H](CO)O2)c(=O)[nH]c1=O. The second kappa shape index (κ2) is 4.76. The molecule has 0 aliphatic carbocycles. The Balaban J connectivity index is 2.39. The maximum atomic E-state index is 13.4. The first-order valence-corrected chi connectivity index (χ1v) is 5.29. The number of rotatable bonds is 2. The van der Waals surface area contributed by atoms with Crippen molar-refractivity contribution in [2.75, 3.05) is 6.61 Å². The summed E-state index contributed by atoms with van der Waals surface area (Å²) in [6.45, 7) is -0.474. The molecule has 0 unspecified atom stereocenters. The minimum atomic E-state index is -1.37. The Kier molecular flexibility index (Phi) is 3.32. The fourth-order valence-electron chi connectivity index (χ4n) is 1.83. The summed E-state index contributed by atoms with van der Waals surface area (Å²) in [7, 11) is 0. The summed E-state index contributed by atoms with van der Waals surface area (Å²) in [5, 5.41) is 8.87. The Morgan fingerprint density at radius 1 is 1.67 bits per heavy atom. The number of hydrogen-bond donors (Lipinski definition) is 2. The van der Waals surface area contributed by atoms with Gasteiger partial charge in [0.2, 0.25) is 0 Å². The van der Waals surface area contributed by atoms with Crippen LogP contribution in [0.3, 0.4) is 0 Å². The van der Waals surface area contributed by atoms with E-state index in [9.17, 15) is 14.0 Å². The van der Waals surface area contributed by atoms with E-state index in [0.29, 0.717) is 0 Å². The Labute approximate surface area is 101 Å². The van der Waals surface area contributed by atoms with E-state index in [4.69, 9.17) is 16.3 Å². The summed E-state index contributed by atoms with van der Waals surface area (Å²) in [5.41, 5.74) is -1.44. The smallest absolute Gasteiger partial charge is 0.330 e. The molecule has 1 aliphatic heterocycles. The number of halogens is 1. The zero-order valence-corrected chi connectivity index (χ0v) is 9.30. The van der Waals surface area contributed by atoms with Crippen molar-refractivity contribution in [1.29, 1.82) is 0 Å². The quantitative estimate of drug-likeness (QED) is 0.672. The first-order valence-electron chi connectivity index (χ1n) is 5.29. The summed E-state index contributed by atoms with van der Waals surface area (Å²) in [6, 6.07) is 0. The molecule has 0 radical (unpaired) electrons. The van der Waals surface area contributed by atoms with Crippen LogP contribution in [0.25, 0.3) is 0 Å². The fraction of sp³-hybridized carbons (Fsp3) is 0.455. The lowest BCUT2D eigenvalue weighted by atomic mass is 10.2. The normalized spacial score (nSPS) is 27.1. The van der Waals surface area contributed by atoms with E-state index >= 15 is 0 Å². The minimum absolute atomic E-state index is 0.0407. The van der Waals surface area contributed by atoms with E-state index in [1.807, 2.05) is 4.98 Å². The molecule has 96 valence electrons. The topological polar surface area (TPSA) is 84.3 Å². The molecule has 7 heteroatoms. The first-order chi connectivity index (χ1) is 8.56. The monoisotopic (exact) mass is 254 g/mol. The molecule has 6 nitrogen and oxygen atoms in total. The van der Waals surface area contributed by atoms with Crippen molar-refractivity contribution < 1.29 is 14.2 Å². The number of aromatic nitrogens is 2. The molecular weight excluding hydrogens is 243 g/mol. The molecule has 2 rings (SSSR count). The highest BCUT2D eigenvalue weighted by Gasteiger charge is 2.36. The summed E-state index contributed by atoms with van der Waals surface area (Å²) < 4.78 is 19.6. The predicted molar refractivity (Wildman–Crippen MR) is 59.8 cm³/mol. The van der Waals surface area contributed by atoms with Crippen molar-refractivity contribution >= 4 is 0 Å². The van der Waals surface area contributed by atoms with E-state index in [0.717, 1.165) is 10.8 Å². The third-order valence-corrected chi connectivity index (χ3v) is 2.78. The number of nitrogens with zero attached hydrogens (tertiary/aromatic N) is 1. The van der Waals surface area contributed by atoms with E-state index in [1.54, 1.807) is 0 Å². The van der Waals surface area contributed by atoms with Gasteiger partial charge in [-0.1, -0.05) is 5.92 Å². The van der Waals surface area contributed by atoms with Crippen molar-refractivity contribution in [2.24, 2.45) is 0 Å². The van der Waals surface area contributed by atoms with E-state index in [2.05, 4.69) is 5.92 Å². The molecule has 1 aromatic heterocycles. The molecular formula is C11H11FN2O4. The van der Waals surface area contributed by atoms with Crippen LogP contribution in [0.2, 0.25) is 0 Å². The molecule has 1 aliphatic rings. The summed E-state index contributed by atoms with van der Waals surface area (Å²) in [5.74, 6) is 2.12. The van der Waals surface area contributed by atoms with Crippen molar-refractivity contribution in [1.82, 2.24) is 9.55 Å². The van der Waals surface area contributed by atoms with Crippen LogP contribution < -0.4 is 11.2 Å². The van der Waals surface area contributed by atoms with Gasteiger partial charge < -0.3 is 9.84 Å². The van der Waals surface area contributed by atoms with Gasteiger partial charge in [0.25, 0.3) is 5.56 Å². The van der Waals surface area contributed by atoms with Crippen molar-refractivity contribution in [3.63, 3.8) is 0 Å². The second-order valence-electron chi connectivity index (χ2n) is 3.92. The molecule has 1 saturated heterocycles. The third kappa shape index (κ3) is 2.08. The molecule has 1 aromatic rings. The van der Waals surface area contributed by atoms with Gasteiger partial charge in [0.05, 0.1) is 6.61 Å². The van der Waals surface area contributed by atoms with Crippen molar-refractivity contribution in [3.05, 3.63) is 32.6 Å². The van der Waals surface area contributed by atoms with Gasteiger partial charge in [-0.05, 0) is 0 Å². The molecule has 2 heterocycles.